The number of aliphatic imine (C=N–C) groups is 1. The van der Waals surface area contributed by atoms with E-state index in [0.29, 0.717) is 6.42 Å². The molecule has 26 heavy (non-hydrogen) atoms. The van der Waals surface area contributed by atoms with Crippen molar-refractivity contribution in [3.8, 4) is 0 Å². The van der Waals surface area contributed by atoms with Crippen molar-refractivity contribution < 1.29 is 4.39 Å². The fourth-order valence-corrected chi connectivity index (χ4v) is 3.38. The minimum Gasteiger partial charge on any atom is -0.353 e. The number of rotatable bonds is 6. The van der Waals surface area contributed by atoms with Gasteiger partial charge in [0.1, 0.15) is 11.6 Å². The first-order chi connectivity index (χ1) is 12.3. The van der Waals surface area contributed by atoms with Gasteiger partial charge in [-0.15, -0.1) is 0 Å². The summed E-state index contributed by atoms with van der Waals surface area (Å²) in [6.07, 6.45) is 12.0. The van der Waals surface area contributed by atoms with E-state index in [1.54, 1.807) is 0 Å². The van der Waals surface area contributed by atoms with Crippen LogP contribution in [0, 0.1) is 0 Å². The molecule has 0 N–H and O–H groups in total. The molecule has 0 aromatic carbocycles. The molecule has 1 heterocycles. The van der Waals surface area contributed by atoms with Gasteiger partial charge in [0.05, 0.1) is 6.04 Å². The Hall–Kier alpha value is -2.16. The Morgan fingerprint density at radius 1 is 1.38 bits per heavy atom. The Kier molecular flexibility index (Phi) is 6.96. The van der Waals surface area contributed by atoms with Crippen LogP contribution in [0.2, 0.25) is 0 Å². The maximum Gasteiger partial charge on any atom is 0.129 e. The third-order valence-corrected chi connectivity index (χ3v) is 5.14. The zero-order valence-corrected chi connectivity index (χ0v) is 16.6. The summed E-state index contributed by atoms with van der Waals surface area (Å²) in [5, 5.41) is 0. The maximum absolute atomic E-state index is 13.5. The SMILES string of the molecule is C=C(CCC1=CC(C)=C(F)CC1)C1=N/C(=C/C=CC)N(C)C(C(=C)C)C1. The molecule has 140 valence electrons. The van der Waals surface area contributed by atoms with Crippen LogP contribution in [0.25, 0.3) is 0 Å². The van der Waals surface area contributed by atoms with Gasteiger partial charge in [-0.1, -0.05) is 42.5 Å². The smallest absolute Gasteiger partial charge is 0.129 e. The quantitative estimate of drug-likeness (QED) is 0.502. The molecular weight excluding hydrogens is 323 g/mol. The Morgan fingerprint density at radius 3 is 2.73 bits per heavy atom. The highest BCUT2D eigenvalue weighted by molar-refractivity contribution is 6.01. The standard InChI is InChI=1S/C23H31FN2/c1-7-8-9-23-25-21(15-22(16(2)3)26(23)6)17(4)10-11-19-12-13-20(24)18(5)14-19/h7-9,14,22H,2,4,10-13,15H2,1,3,5-6H3/b8-7?,23-9-. The van der Waals surface area contributed by atoms with Crippen molar-refractivity contribution in [2.45, 2.75) is 58.9 Å². The molecule has 1 atom stereocenters. The predicted octanol–water partition coefficient (Wildman–Crippen LogP) is 6.43. The Bertz CT molecular complexity index is 731. The lowest BCUT2D eigenvalue weighted by Crippen LogP contribution is -2.37. The Morgan fingerprint density at radius 2 is 2.12 bits per heavy atom. The van der Waals surface area contributed by atoms with Crippen molar-refractivity contribution in [3.63, 3.8) is 0 Å². The summed E-state index contributed by atoms with van der Waals surface area (Å²) in [5.74, 6) is 0.964. The average Bonchev–Trinajstić information content (AvgIpc) is 2.61. The minimum atomic E-state index is 0.0235. The van der Waals surface area contributed by atoms with E-state index < -0.39 is 0 Å². The molecular formula is C23H31FN2. The van der Waals surface area contributed by atoms with Crippen LogP contribution in [0.5, 0.6) is 0 Å². The molecule has 0 amide bonds. The second-order valence-electron chi connectivity index (χ2n) is 7.28. The molecule has 1 aliphatic heterocycles. The summed E-state index contributed by atoms with van der Waals surface area (Å²) in [4.78, 5) is 7.03. The van der Waals surface area contributed by atoms with Gasteiger partial charge >= 0.3 is 0 Å². The first-order valence-electron chi connectivity index (χ1n) is 9.35. The molecule has 0 saturated carbocycles. The van der Waals surface area contributed by atoms with Gasteiger partial charge in [0, 0.05) is 25.6 Å². The van der Waals surface area contributed by atoms with E-state index in [1.807, 2.05) is 38.2 Å². The van der Waals surface area contributed by atoms with Crippen LogP contribution < -0.4 is 0 Å². The van der Waals surface area contributed by atoms with Crippen LogP contribution >= 0.6 is 0 Å². The summed E-state index contributed by atoms with van der Waals surface area (Å²) in [6.45, 7) is 14.4. The van der Waals surface area contributed by atoms with Crippen LogP contribution in [-0.2, 0) is 0 Å². The molecule has 0 aromatic heterocycles. The predicted molar refractivity (Wildman–Crippen MR) is 111 cm³/mol. The van der Waals surface area contributed by atoms with Crippen LogP contribution in [0.4, 0.5) is 4.39 Å². The molecule has 3 heteroatoms. The topological polar surface area (TPSA) is 15.6 Å². The Balaban J connectivity index is 2.13. The first kappa shape index (κ1) is 20.2. The number of hydrogen-bond acceptors (Lipinski definition) is 2. The summed E-state index contributed by atoms with van der Waals surface area (Å²) in [5.41, 5.74) is 5.34. The van der Waals surface area contributed by atoms with Crippen LogP contribution in [-0.4, -0.2) is 23.7 Å². The third-order valence-electron chi connectivity index (χ3n) is 5.14. The minimum absolute atomic E-state index is 0.0235. The van der Waals surface area contributed by atoms with Crippen molar-refractivity contribution in [2.75, 3.05) is 7.05 Å². The van der Waals surface area contributed by atoms with E-state index >= 15 is 0 Å². The summed E-state index contributed by atoms with van der Waals surface area (Å²) in [7, 11) is 2.06. The van der Waals surface area contributed by atoms with Gasteiger partial charge in [0.25, 0.3) is 0 Å². The second kappa shape index (κ2) is 8.98. The van der Waals surface area contributed by atoms with Crippen molar-refractivity contribution >= 4 is 5.71 Å². The highest BCUT2D eigenvalue weighted by Gasteiger charge is 2.26. The van der Waals surface area contributed by atoms with Crippen molar-refractivity contribution in [1.29, 1.82) is 0 Å². The van der Waals surface area contributed by atoms with Gasteiger partial charge in [0.15, 0.2) is 0 Å². The van der Waals surface area contributed by atoms with Gasteiger partial charge in [-0.05, 0) is 57.3 Å². The van der Waals surface area contributed by atoms with E-state index in [1.165, 1.54) is 5.57 Å². The lowest BCUT2D eigenvalue weighted by Gasteiger charge is -2.35. The van der Waals surface area contributed by atoms with Crippen LogP contribution in [0.15, 0.2) is 76.4 Å². The summed E-state index contributed by atoms with van der Waals surface area (Å²) in [6, 6.07) is 0.240. The molecule has 2 rings (SSSR count). The molecule has 0 radical (unpaired) electrons. The molecule has 0 bridgehead atoms. The van der Waals surface area contributed by atoms with Gasteiger partial charge < -0.3 is 4.90 Å². The van der Waals surface area contributed by atoms with Crippen molar-refractivity contribution in [1.82, 2.24) is 4.90 Å². The molecule has 1 unspecified atom stereocenters. The number of nitrogens with zero attached hydrogens (tertiary/aromatic N) is 2. The van der Waals surface area contributed by atoms with Gasteiger partial charge in [0.2, 0.25) is 0 Å². The van der Waals surface area contributed by atoms with E-state index in [-0.39, 0.29) is 11.9 Å². The lowest BCUT2D eigenvalue weighted by molar-refractivity contribution is 0.332. The fourth-order valence-electron chi connectivity index (χ4n) is 3.38. The fraction of sp³-hybridized carbons (Fsp3) is 0.435. The van der Waals surface area contributed by atoms with Crippen LogP contribution in [0.1, 0.15) is 52.9 Å². The normalized spacial score (nSPS) is 22.7. The monoisotopic (exact) mass is 354 g/mol. The van der Waals surface area contributed by atoms with E-state index in [2.05, 4.69) is 32.0 Å². The molecule has 0 fully saturated rings. The average molecular weight is 355 g/mol. The first-order valence-corrected chi connectivity index (χ1v) is 9.35. The highest BCUT2D eigenvalue weighted by atomic mass is 19.1. The maximum atomic E-state index is 13.5. The van der Waals surface area contributed by atoms with Gasteiger partial charge in [-0.25, -0.2) is 9.38 Å². The molecule has 2 nitrogen and oxygen atoms in total. The molecule has 0 spiro atoms. The summed E-state index contributed by atoms with van der Waals surface area (Å²) >= 11 is 0. The van der Waals surface area contributed by atoms with Crippen molar-refractivity contribution in [3.05, 3.63) is 71.4 Å². The van der Waals surface area contributed by atoms with E-state index in [0.717, 1.165) is 53.9 Å². The van der Waals surface area contributed by atoms with Gasteiger partial charge in [-0.2, -0.15) is 0 Å². The molecule has 0 saturated heterocycles. The lowest BCUT2D eigenvalue weighted by atomic mass is 9.91. The third kappa shape index (κ3) is 4.94. The molecule has 2 aliphatic rings. The largest absolute Gasteiger partial charge is 0.353 e. The zero-order valence-electron chi connectivity index (χ0n) is 16.6. The van der Waals surface area contributed by atoms with E-state index in [4.69, 9.17) is 4.99 Å². The van der Waals surface area contributed by atoms with Gasteiger partial charge in [-0.3, -0.25) is 0 Å². The molecule has 0 aromatic rings. The number of likely N-dealkylation sites (N-methyl/N-ethyl adjacent to an activating group) is 1. The highest BCUT2D eigenvalue weighted by Crippen LogP contribution is 2.30. The Labute approximate surface area is 157 Å². The van der Waals surface area contributed by atoms with Crippen molar-refractivity contribution in [2.24, 2.45) is 4.99 Å². The van der Waals surface area contributed by atoms with Crippen LogP contribution in [0.3, 0.4) is 0 Å². The zero-order chi connectivity index (χ0) is 19.3. The number of halogens is 1. The number of allylic oxidation sites excluding steroid dienone is 8. The van der Waals surface area contributed by atoms with E-state index in [9.17, 15) is 4.39 Å². The summed E-state index contributed by atoms with van der Waals surface area (Å²) < 4.78 is 13.5. The number of hydrogen-bond donors (Lipinski definition) is 0. The molecule has 1 aliphatic carbocycles. The second-order valence-corrected chi connectivity index (χ2v) is 7.28.